The number of aromatic nitrogens is 2. The van der Waals surface area contributed by atoms with Gasteiger partial charge in [0, 0.05) is 13.5 Å². The van der Waals surface area contributed by atoms with E-state index >= 15 is 0 Å². The second-order valence-corrected chi connectivity index (χ2v) is 4.37. The van der Waals surface area contributed by atoms with Gasteiger partial charge in [0.2, 0.25) is 0 Å². The number of imidazole rings is 1. The molecule has 1 aromatic heterocycles. The molecule has 0 aliphatic heterocycles. The molecule has 16 heavy (non-hydrogen) atoms. The van der Waals surface area contributed by atoms with E-state index in [1.807, 2.05) is 29.8 Å². The minimum Gasteiger partial charge on any atom is -0.497 e. The summed E-state index contributed by atoms with van der Waals surface area (Å²) in [5, 5.41) is 0. The van der Waals surface area contributed by atoms with Gasteiger partial charge in [0.25, 0.3) is 0 Å². The minimum atomic E-state index is 0.804. The first-order valence-corrected chi connectivity index (χ1v) is 5.78. The summed E-state index contributed by atoms with van der Waals surface area (Å²) in [5.74, 6) is 0.879. The Morgan fingerprint density at radius 2 is 2.25 bits per heavy atom. The molecule has 0 saturated heterocycles. The molecule has 84 valence electrons. The Hall–Kier alpha value is -1.29. The molecule has 3 nitrogen and oxygen atoms in total. The Balaban J connectivity index is 2.23. The van der Waals surface area contributed by atoms with Crippen LogP contribution in [0.2, 0.25) is 0 Å². The van der Waals surface area contributed by atoms with Gasteiger partial charge in [-0.05, 0) is 33.6 Å². The summed E-state index contributed by atoms with van der Waals surface area (Å²) in [4.78, 5) is 4.34. The fourth-order valence-corrected chi connectivity index (χ4v) is 1.89. The molecule has 0 bridgehead atoms. The predicted octanol–water partition coefficient (Wildman–Crippen LogP) is 2.78. The topological polar surface area (TPSA) is 27.1 Å². The maximum atomic E-state index is 5.19. The lowest BCUT2D eigenvalue weighted by Gasteiger charge is -2.03. The van der Waals surface area contributed by atoms with E-state index in [1.54, 1.807) is 13.4 Å². The van der Waals surface area contributed by atoms with Gasteiger partial charge in [-0.15, -0.1) is 0 Å². The van der Waals surface area contributed by atoms with Gasteiger partial charge in [-0.3, -0.25) is 0 Å². The van der Waals surface area contributed by atoms with Crippen molar-refractivity contribution in [1.29, 1.82) is 0 Å². The van der Waals surface area contributed by atoms with Crippen molar-refractivity contribution in [3.63, 3.8) is 0 Å². The number of hydrogen-bond acceptors (Lipinski definition) is 2. The van der Waals surface area contributed by atoms with E-state index in [4.69, 9.17) is 4.74 Å². The van der Waals surface area contributed by atoms with Gasteiger partial charge in [-0.25, -0.2) is 4.98 Å². The van der Waals surface area contributed by atoms with Crippen molar-refractivity contribution in [3.05, 3.63) is 46.5 Å². The van der Waals surface area contributed by atoms with Crippen molar-refractivity contribution in [2.24, 2.45) is 7.05 Å². The molecule has 0 saturated carbocycles. The molecule has 0 unspecified atom stereocenters. The SMILES string of the molecule is COc1cccc(Cc2ncn(C)c2Br)c1. The molecule has 0 amide bonds. The molecular weight excluding hydrogens is 268 g/mol. The van der Waals surface area contributed by atoms with Crippen LogP contribution in [-0.4, -0.2) is 16.7 Å². The van der Waals surface area contributed by atoms with Gasteiger partial charge in [0.1, 0.15) is 10.4 Å². The van der Waals surface area contributed by atoms with Crippen molar-refractivity contribution in [3.8, 4) is 5.75 Å². The Kier molecular flexibility index (Phi) is 3.29. The number of nitrogens with zero attached hydrogens (tertiary/aromatic N) is 2. The Bertz CT molecular complexity index is 494. The lowest BCUT2D eigenvalue weighted by molar-refractivity contribution is 0.414. The molecule has 0 atom stereocenters. The summed E-state index contributed by atoms with van der Waals surface area (Å²) in [6, 6.07) is 8.03. The largest absolute Gasteiger partial charge is 0.497 e. The van der Waals surface area contributed by atoms with Crippen LogP contribution in [0.15, 0.2) is 35.2 Å². The Morgan fingerprint density at radius 1 is 1.44 bits per heavy atom. The van der Waals surface area contributed by atoms with Crippen molar-refractivity contribution in [1.82, 2.24) is 9.55 Å². The summed E-state index contributed by atoms with van der Waals surface area (Å²) in [7, 11) is 3.64. The van der Waals surface area contributed by atoms with Crippen LogP contribution in [0, 0.1) is 0 Å². The Labute approximate surface area is 103 Å². The van der Waals surface area contributed by atoms with E-state index < -0.39 is 0 Å². The van der Waals surface area contributed by atoms with Gasteiger partial charge < -0.3 is 9.30 Å². The molecule has 2 rings (SSSR count). The zero-order chi connectivity index (χ0) is 11.5. The number of methoxy groups -OCH3 is 1. The van der Waals surface area contributed by atoms with Crippen molar-refractivity contribution < 1.29 is 4.74 Å². The third kappa shape index (κ3) is 2.27. The number of rotatable bonds is 3. The fourth-order valence-electron chi connectivity index (χ4n) is 1.56. The van der Waals surface area contributed by atoms with Crippen molar-refractivity contribution in [2.45, 2.75) is 6.42 Å². The number of benzene rings is 1. The van der Waals surface area contributed by atoms with E-state index in [0.29, 0.717) is 0 Å². The molecule has 0 spiro atoms. The first-order chi connectivity index (χ1) is 7.70. The summed E-state index contributed by atoms with van der Waals surface area (Å²) in [6.07, 6.45) is 2.61. The highest BCUT2D eigenvalue weighted by atomic mass is 79.9. The molecule has 4 heteroatoms. The number of aryl methyl sites for hydroxylation is 1. The number of ether oxygens (including phenoxy) is 1. The first-order valence-electron chi connectivity index (χ1n) is 4.99. The first kappa shape index (κ1) is 11.2. The molecule has 2 aromatic rings. The van der Waals surface area contributed by atoms with Crippen LogP contribution in [0.5, 0.6) is 5.75 Å². The van der Waals surface area contributed by atoms with Crippen LogP contribution in [0.4, 0.5) is 0 Å². The highest BCUT2D eigenvalue weighted by molar-refractivity contribution is 9.10. The maximum Gasteiger partial charge on any atom is 0.119 e. The zero-order valence-corrected chi connectivity index (χ0v) is 10.9. The second-order valence-electron chi connectivity index (χ2n) is 3.62. The van der Waals surface area contributed by atoms with E-state index in [2.05, 4.69) is 27.0 Å². The predicted molar refractivity (Wildman–Crippen MR) is 66.7 cm³/mol. The molecule has 0 aliphatic rings. The standard InChI is InChI=1S/C12H13BrN2O/c1-15-8-14-11(12(15)13)7-9-4-3-5-10(6-9)16-2/h3-6,8H,7H2,1-2H3. The summed E-state index contributed by atoms with van der Waals surface area (Å²) >= 11 is 3.51. The highest BCUT2D eigenvalue weighted by Gasteiger charge is 2.06. The molecule has 1 aromatic carbocycles. The quantitative estimate of drug-likeness (QED) is 0.865. The smallest absolute Gasteiger partial charge is 0.119 e. The average molecular weight is 281 g/mol. The van der Waals surface area contributed by atoms with Crippen molar-refractivity contribution in [2.75, 3.05) is 7.11 Å². The Morgan fingerprint density at radius 3 is 2.88 bits per heavy atom. The van der Waals surface area contributed by atoms with Gasteiger partial charge in [-0.1, -0.05) is 12.1 Å². The third-order valence-corrected chi connectivity index (χ3v) is 3.46. The lowest BCUT2D eigenvalue weighted by Crippen LogP contribution is -1.92. The molecule has 0 N–H and O–H groups in total. The van der Waals surface area contributed by atoms with Crippen LogP contribution in [0.3, 0.4) is 0 Å². The molecule has 0 fully saturated rings. The molecular formula is C12H13BrN2O. The van der Waals surface area contributed by atoms with Crippen LogP contribution < -0.4 is 4.74 Å². The van der Waals surface area contributed by atoms with Gasteiger partial charge in [-0.2, -0.15) is 0 Å². The number of halogens is 1. The van der Waals surface area contributed by atoms with Crippen LogP contribution >= 0.6 is 15.9 Å². The summed E-state index contributed by atoms with van der Waals surface area (Å²) < 4.78 is 8.17. The van der Waals surface area contributed by atoms with E-state index in [-0.39, 0.29) is 0 Å². The molecule has 0 aliphatic carbocycles. The molecule has 1 heterocycles. The third-order valence-electron chi connectivity index (χ3n) is 2.44. The highest BCUT2D eigenvalue weighted by Crippen LogP contribution is 2.20. The maximum absolute atomic E-state index is 5.19. The van der Waals surface area contributed by atoms with Gasteiger partial charge in [0.15, 0.2) is 0 Å². The molecule has 0 radical (unpaired) electrons. The number of hydrogen-bond donors (Lipinski definition) is 0. The monoisotopic (exact) mass is 280 g/mol. The van der Waals surface area contributed by atoms with E-state index in [9.17, 15) is 0 Å². The van der Waals surface area contributed by atoms with Crippen LogP contribution in [-0.2, 0) is 13.5 Å². The second kappa shape index (κ2) is 4.70. The summed E-state index contributed by atoms with van der Waals surface area (Å²) in [6.45, 7) is 0. The minimum absolute atomic E-state index is 0.804. The van der Waals surface area contributed by atoms with E-state index in [1.165, 1.54) is 5.56 Å². The fraction of sp³-hybridized carbons (Fsp3) is 0.250. The lowest BCUT2D eigenvalue weighted by atomic mass is 10.1. The average Bonchev–Trinajstić information content (AvgIpc) is 2.61. The van der Waals surface area contributed by atoms with Crippen LogP contribution in [0.1, 0.15) is 11.3 Å². The normalized spacial score (nSPS) is 10.4. The van der Waals surface area contributed by atoms with Gasteiger partial charge >= 0.3 is 0 Å². The van der Waals surface area contributed by atoms with Gasteiger partial charge in [0.05, 0.1) is 19.1 Å². The van der Waals surface area contributed by atoms with Crippen LogP contribution in [0.25, 0.3) is 0 Å². The zero-order valence-electron chi connectivity index (χ0n) is 9.27. The summed E-state index contributed by atoms with van der Waals surface area (Å²) in [5.41, 5.74) is 2.23. The van der Waals surface area contributed by atoms with Crippen molar-refractivity contribution >= 4 is 15.9 Å². The van der Waals surface area contributed by atoms with E-state index in [0.717, 1.165) is 22.5 Å².